The molecular weight excluding hydrogens is 264 g/mol. The highest BCUT2D eigenvalue weighted by Crippen LogP contribution is 2.14. The lowest BCUT2D eigenvalue weighted by Gasteiger charge is -2.22. The molecule has 0 spiro atoms. The molecule has 4 heteroatoms. The van der Waals surface area contributed by atoms with Gasteiger partial charge in [0.05, 0.1) is 0 Å². The van der Waals surface area contributed by atoms with Crippen LogP contribution in [-0.4, -0.2) is 25.8 Å². The number of carbonyl (C=O) groups is 1. The number of ether oxygens (including phenoxy) is 1. The maximum atomic E-state index is 11.9. The fourth-order valence-electron chi connectivity index (χ4n) is 2.50. The first-order valence-corrected chi connectivity index (χ1v) is 7.99. The van der Waals surface area contributed by atoms with Gasteiger partial charge in [-0.05, 0) is 49.3 Å². The minimum Gasteiger partial charge on any atom is -0.381 e. The summed E-state index contributed by atoms with van der Waals surface area (Å²) < 4.78 is 5.31. The molecular formula is C17H26N2O2. The molecule has 1 fully saturated rings. The average Bonchev–Trinajstić information content (AvgIpc) is 2.53. The maximum absolute atomic E-state index is 11.9. The SMILES string of the molecule is CCCCc1ccc(NC(=O)NCC2CCOCC2)cc1. The second-order valence-corrected chi connectivity index (χ2v) is 5.69. The molecule has 2 N–H and O–H groups in total. The quantitative estimate of drug-likeness (QED) is 0.841. The number of anilines is 1. The van der Waals surface area contributed by atoms with E-state index in [-0.39, 0.29) is 6.03 Å². The smallest absolute Gasteiger partial charge is 0.319 e. The lowest BCUT2D eigenvalue weighted by Crippen LogP contribution is -2.35. The predicted octanol–water partition coefficient (Wildman–Crippen LogP) is 3.58. The zero-order valence-electron chi connectivity index (χ0n) is 12.9. The van der Waals surface area contributed by atoms with Crippen LogP contribution in [0, 0.1) is 5.92 Å². The van der Waals surface area contributed by atoms with Gasteiger partial charge in [0.2, 0.25) is 0 Å². The molecule has 1 aromatic carbocycles. The highest BCUT2D eigenvalue weighted by Gasteiger charge is 2.14. The largest absolute Gasteiger partial charge is 0.381 e. The van der Waals surface area contributed by atoms with E-state index >= 15 is 0 Å². The Morgan fingerprint density at radius 1 is 1.24 bits per heavy atom. The molecule has 1 saturated heterocycles. The first kappa shape index (κ1) is 15.8. The summed E-state index contributed by atoms with van der Waals surface area (Å²) in [6, 6.07) is 7.99. The third-order valence-corrected chi connectivity index (χ3v) is 3.92. The number of unbranched alkanes of at least 4 members (excludes halogenated alkanes) is 1. The van der Waals surface area contributed by atoms with Crippen molar-refractivity contribution in [2.24, 2.45) is 5.92 Å². The van der Waals surface area contributed by atoms with Crippen LogP contribution in [0.1, 0.15) is 38.2 Å². The standard InChI is InChI=1S/C17H26N2O2/c1-2-3-4-14-5-7-16(8-6-14)19-17(20)18-13-15-9-11-21-12-10-15/h5-8,15H,2-4,9-13H2,1H3,(H2,18,19,20). The van der Waals surface area contributed by atoms with Crippen molar-refractivity contribution in [3.8, 4) is 0 Å². The van der Waals surface area contributed by atoms with E-state index in [1.807, 2.05) is 12.1 Å². The van der Waals surface area contributed by atoms with E-state index in [1.165, 1.54) is 18.4 Å². The topological polar surface area (TPSA) is 50.4 Å². The van der Waals surface area contributed by atoms with E-state index in [1.54, 1.807) is 0 Å². The van der Waals surface area contributed by atoms with Gasteiger partial charge >= 0.3 is 6.03 Å². The molecule has 1 aromatic rings. The molecule has 2 amide bonds. The van der Waals surface area contributed by atoms with E-state index in [0.717, 1.165) is 44.7 Å². The van der Waals surface area contributed by atoms with Crippen LogP contribution < -0.4 is 10.6 Å². The van der Waals surface area contributed by atoms with E-state index in [4.69, 9.17) is 4.74 Å². The number of carbonyl (C=O) groups excluding carboxylic acids is 1. The Morgan fingerprint density at radius 3 is 2.62 bits per heavy atom. The number of hydrogen-bond donors (Lipinski definition) is 2. The van der Waals surface area contributed by atoms with Crippen LogP contribution in [0.2, 0.25) is 0 Å². The summed E-state index contributed by atoms with van der Waals surface area (Å²) in [4.78, 5) is 11.9. The van der Waals surface area contributed by atoms with Crippen molar-refractivity contribution in [3.63, 3.8) is 0 Å². The van der Waals surface area contributed by atoms with E-state index < -0.39 is 0 Å². The molecule has 1 aliphatic rings. The van der Waals surface area contributed by atoms with Crippen LogP contribution in [-0.2, 0) is 11.2 Å². The molecule has 0 saturated carbocycles. The zero-order chi connectivity index (χ0) is 14.9. The number of amides is 2. The Kier molecular flexibility index (Phi) is 6.54. The number of benzene rings is 1. The molecule has 116 valence electrons. The molecule has 4 nitrogen and oxygen atoms in total. The minimum absolute atomic E-state index is 0.122. The highest BCUT2D eigenvalue weighted by molar-refractivity contribution is 5.89. The van der Waals surface area contributed by atoms with Gasteiger partial charge < -0.3 is 15.4 Å². The van der Waals surface area contributed by atoms with Crippen molar-refractivity contribution < 1.29 is 9.53 Å². The number of aryl methyl sites for hydroxylation is 1. The average molecular weight is 290 g/mol. The first-order valence-electron chi connectivity index (χ1n) is 7.99. The van der Waals surface area contributed by atoms with E-state index in [9.17, 15) is 4.79 Å². The molecule has 2 rings (SSSR count). The monoisotopic (exact) mass is 290 g/mol. The molecule has 0 aromatic heterocycles. The predicted molar refractivity (Wildman–Crippen MR) is 85.6 cm³/mol. The van der Waals surface area contributed by atoms with Crippen LogP contribution in [0.3, 0.4) is 0 Å². The molecule has 0 atom stereocenters. The Labute approximate surface area is 127 Å². The first-order chi connectivity index (χ1) is 10.3. The van der Waals surface area contributed by atoms with Gasteiger partial charge in [0, 0.05) is 25.4 Å². The van der Waals surface area contributed by atoms with Crippen molar-refractivity contribution in [1.82, 2.24) is 5.32 Å². The van der Waals surface area contributed by atoms with Crippen LogP contribution in [0.25, 0.3) is 0 Å². The number of rotatable bonds is 6. The summed E-state index contributed by atoms with van der Waals surface area (Å²) in [5.74, 6) is 0.543. The van der Waals surface area contributed by atoms with Gasteiger partial charge in [-0.2, -0.15) is 0 Å². The fraction of sp³-hybridized carbons (Fsp3) is 0.588. The maximum Gasteiger partial charge on any atom is 0.319 e. The van der Waals surface area contributed by atoms with Gasteiger partial charge in [-0.25, -0.2) is 4.79 Å². The van der Waals surface area contributed by atoms with Gasteiger partial charge in [0.1, 0.15) is 0 Å². The molecule has 0 aliphatic carbocycles. The Morgan fingerprint density at radius 2 is 1.95 bits per heavy atom. The van der Waals surface area contributed by atoms with Crippen molar-refractivity contribution in [1.29, 1.82) is 0 Å². The van der Waals surface area contributed by atoms with Gasteiger partial charge in [0.15, 0.2) is 0 Å². The summed E-state index contributed by atoms with van der Waals surface area (Å²) in [6.07, 6.45) is 5.58. The Hall–Kier alpha value is -1.55. The molecule has 1 heterocycles. The van der Waals surface area contributed by atoms with Crippen molar-refractivity contribution in [3.05, 3.63) is 29.8 Å². The minimum atomic E-state index is -0.122. The molecule has 0 unspecified atom stereocenters. The summed E-state index contributed by atoms with van der Waals surface area (Å²) >= 11 is 0. The van der Waals surface area contributed by atoms with Crippen LogP contribution >= 0.6 is 0 Å². The number of hydrogen-bond acceptors (Lipinski definition) is 2. The summed E-state index contributed by atoms with van der Waals surface area (Å²) in [7, 11) is 0. The van der Waals surface area contributed by atoms with E-state index in [0.29, 0.717) is 5.92 Å². The van der Waals surface area contributed by atoms with E-state index in [2.05, 4.69) is 29.7 Å². The lowest BCUT2D eigenvalue weighted by atomic mass is 10.0. The summed E-state index contributed by atoms with van der Waals surface area (Å²) in [5, 5.41) is 5.83. The highest BCUT2D eigenvalue weighted by atomic mass is 16.5. The van der Waals surface area contributed by atoms with Crippen molar-refractivity contribution in [2.45, 2.75) is 39.0 Å². The van der Waals surface area contributed by atoms with Crippen molar-refractivity contribution >= 4 is 11.7 Å². The van der Waals surface area contributed by atoms with Gasteiger partial charge in [-0.15, -0.1) is 0 Å². The Balaban J connectivity index is 1.71. The number of urea groups is 1. The summed E-state index contributed by atoms with van der Waals surface area (Å²) in [5.41, 5.74) is 2.17. The van der Waals surface area contributed by atoms with Crippen LogP contribution in [0.5, 0.6) is 0 Å². The van der Waals surface area contributed by atoms with Gasteiger partial charge in [-0.3, -0.25) is 0 Å². The van der Waals surface area contributed by atoms with Gasteiger partial charge in [-0.1, -0.05) is 25.5 Å². The molecule has 0 radical (unpaired) electrons. The molecule has 1 aliphatic heterocycles. The second-order valence-electron chi connectivity index (χ2n) is 5.69. The molecule has 21 heavy (non-hydrogen) atoms. The number of nitrogens with one attached hydrogen (secondary N) is 2. The third kappa shape index (κ3) is 5.76. The summed E-state index contributed by atoms with van der Waals surface area (Å²) in [6.45, 7) is 4.54. The normalized spacial score (nSPS) is 15.7. The van der Waals surface area contributed by atoms with Crippen LogP contribution in [0.4, 0.5) is 10.5 Å². The van der Waals surface area contributed by atoms with Crippen LogP contribution in [0.15, 0.2) is 24.3 Å². The zero-order valence-corrected chi connectivity index (χ0v) is 12.9. The fourth-order valence-corrected chi connectivity index (χ4v) is 2.50. The Bertz CT molecular complexity index is 425. The van der Waals surface area contributed by atoms with Gasteiger partial charge in [0.25, 0.3) is 0 Å². The van der Waals surface area contributed by atoms with Crippen molar-refractivity contribution in [2.75, 3.05) is 25.1 Å². The second kappa shape index (κ2) is 8.67. The lowest BCUT2D eigenvalue weighted by molar-refractivity contribution is 0.0671. The molecule has 0 bridgehead atoms. The third-order valence-electron chi connectivity index (χ3n) is 3.92.